The summed E-state index contributed by atoms with van der Waals surface area (Å²) in [5.41, 5.74) is 4.97. The van der Waals surface area contributed by atoms with E-state index in [9.17, 15) is 18.0 Å². The number of hydrogen-bond acceptors (Lipinski definition) is 7. The molecule has 4 aromatic carbocycles. The summed E-state index contributed by atoms with van der Waals surface area (Å²) in [7, 11) is 1.95. The van der Waals surface area contributed by atoms with Crippen molar-refractivity contribution in [2.75, 3.05) is 57.8 Å². The van der Waals surface area contributed by atoms with Gasteiger partial charge in [0.05, 0.1) is 5.69 Å². The van der Waals surface area contributed by atoms with Crippen LogP contribution in [0.25, 0.3) is 27.7 Å². The molecule has 2 aliphatic rings. The third-order valence-corrected chi connectivity index (χ3v) is 12.7. The molecule has 15 heteroatoms. The van der Waals surface area contributed by atoms with Crippen molar-refractivity contribution < 1.29 is 22.7 Å². The molecule has 4 heterocycles. The number of piperidine rings is 1. The minimum atomic E-state index is -4.77. The molecule has 0 saturated carbocycles. The molecule has 320 valence electrons. The Balaban J connectivity index is 0.958. The second kappa shape index (κ2) is 18.5. The Bertz CT molecular complexity index is 2410. The molecule has 61 heavy (non-hydrogen) atoms. The number of carbonyl (C=O) groups is 1. The van der Waals surface area contributed by atoms with Gasteiger partial charge in [-0.3, -0.25) is 14.6 Å². The molecule has 8 rings (SSSR count). The highest BCUT2D eigenvalue weighted by Gasteiger charge is 2.44. The summed E-state index contributed by atoms with van der Waals surface area (Å²) in [5, 5.41) is 13.8. The molecule has 0 radical (unpaired) electrons. The first kappa shape index (κ1) is 42.6. The van der Waals surface area contributed by atoms with Crippen LogP contribution < -0.4 is 20.3 Å². The molecular weight excluding hydrogens is 824 g/mol. The zero-order valence-corrected chi connectivity index (χ0v) is 35.5. The van der Waals surface area contributed by atoms with Gasteiger partial charge in [0.1, 0.15) is 11.3 Å². The number of likely N-dealkylation sites (N-methyl/N-ethyl adjacent to an activating group) is 1. The number of hydrogen-bond donors (Lipinski definition) is 2. The zero-order chi connectivity index (χ0) is 42.6. The van der Waals surface area contributed by atoms with Gasteiger partial charge in [0.25, 0.3) is 0 Å². The summed E-state index contributed by atoms with van der Waals surface area (Å²) in [4.78, 5) is 21.0. The highest BCUT2D eigenvalue weighted by molar-refractivity contribution is 6.36. The molecule has 1 amide bonds. The highest BCUT2D eigenvalue weighted by atomic mass is 35.5. The van der Waals surface area contributed by atoms with Crippen LogP contribution >= 0.6 is 23.2 Å². The maximum Gasteiger partial charge on any atom is 0.573 e. The molecule has 10 nitrogen and oxygen atoms in total. The SMILES string of the molecule is CN(c1ccn(-c2ccccc2)n1)C1(C(=O)NCCCn2cc(-c3ccc(OC(F)(F)F)cc3)c3cc(CN4CCN(Cc5c(Cl)cccc5Cl)CC4)ccc32)CCNCC1. The number of para-hydroxylation sites is 1. The zero-order valence-electron chi connectivity index (χ0n) is 34.0. The van der Waals surface area contributed by atoms with Crippen molar-refractivity contribution in [3.05, 3.63) is 131 Å². The van der Waals surface area contributed by atoms with Crippen molar-refractivity contribution in [1.29, 1.82) is 0 Å². The standard InChI is InChI=1S/C46H49Cl2F3N8O2/c1-55(43-17-24-59(54-43)35-7-3-2-4-8-35)45(18-21-52-22-19-45)44(60)53-20-6-23-58-32-38(34-12-14-36(15-13-34)61-46(49,50)51)37-29-33(11-16-42(37)58)30-56-25-27-57(28-26-56)31-39-40(47)9-5-10-41(39)48/h2-5,7-17,24,29,32,52H,6,18-23,25-28,30-31H2,1H3,(H,53,60). The van der Waals surface area contributed by atoms with E-state index in [0.29, 0.717) is 48.9 Å². The average molecular weight is 874 g/mol. The Kier molecular flexibility index (Phi) is 12.9. The van der Waals surface area contributed by atoms with E-state index in [-0.39, 0.29) is 11.7 Å². The van der Waals surface area contributed by atoms with Gasteiger partial charge in [-0.1, -0.05) is 65.7 Å². The lowest BCUT2D eigenvalue weighted by atomic mass is 9.85. The van der Waals surface area contributed by atoms with Crippen LogP contribution in [0.3, 0.4) is 0 Å². The Morgan fingerprint density at radius 3 is 2.26 bits per heavy atom. The minimum absolute atomic E-state index is 0.0249. The molecule has 2 aromatic heterocycles. The monoisotopic (exact) mass is 872 g/mol. The van der Waals surface area contributed by atoms with Crippen molar-refractivity contribution >= 4 is 45.8 Å². The van der Waals surface area contributed by atoms with Gasteiger partial charge < -0.3 is 24.8 Å². The van der Waals surface area contributed by atoms with Crippen molar-refractivity contribution in [1.82, 2.24) is 34.8 Å². The summed E-state index contributed by atoms with van der Waals surface area (Å²) >= 11 is 12.9. The third kappa shape index (κ3) is 9.87. The molecule has 0 atom stereocenters. The number of nitrogens with zero attached hydrogens (tertiary/aromatic N) is 6. The molecule has 2 aliphatic heterocycles. The topological polar surface area (TPSA) is 82.8 Å². The van der Waals surface area contributed by atoms with Crippen LogP contribution in [0.2, 0.25) is 10.0 Å². The number of fused-ring (bicyclic) bond motifs is 1. The van der Waals surface area contributed by atoms with Gasteiger partial charge in [-0.2, -0.15) is 5.10 Å². The normalized spacial score (nSPS) is 16.2. The number of nitrogens with one attached hydrogen (secondary N) is 2. The Morgan fingerprint density at radius 2 is 1.57 bits per heavy atom. The summed E-state index contributed by atoms with van der Waals surface area (Å²) in [5.74, 6) is 0.433. The van der Waals surface area contributed by atoms with E-state index in [1.807, 2.05) is 77.4 Å². The van der Waals surface area contributed by atoms with Crippen LogP contribution in [0.1, 0.15) is 30.4 Å². The number of aryl methyl sites for hydroxylation is 1. The number of anilines is 1. The minimum Gasteiger partial charge on any atom is -0.406 e. The van der Waals surface area contributed by atoms with Crippen molar-refractivity contribution in [3.8, 4) is 22.6 Å². The fraction of sp³-hybridized carbons (Fsp3) is 0.348. The summed E-state index contributed by atoms with van der Waals surface area (Å²) in [6.45, 7) is 7.48. The van der Waals surface area contributed by atoms with Crippen molar-refractivity contribution in [3.63, 3.8) is 0 Å². The quantitative estimate of drug-likeness (QED) is 0.106. The first-order valence-corrected chi connectivity index (χ1v) is 21.4. The number of piperazine rings is 1. The fourth-order valence-electron chi connectivity index (χ4n) is 8.57. The Morgan fingerprint density at radius 1 is 0.885 bits per heavy atom. The molecule has 0 unspecified atom stereocenters. The number of halogens is 5. The van der Waals surface area contributed by atoms with E-state index in [2.05, 4.69) is 54.1 Å². The number of carbonyl (C=O) groups excluding carboxylic acids is 1. The predicted octanol–water partition coefficient (Wildman–Crippen LogP) is 8.78. The lowest BCUT2D eigenvalue weighted by molar-refractivity contribution is -0.274. The van der Waals surface area contributed by atoms with Crippen LogP contribution in [0.15, 0.2) is 109 Å². The van der Waals surface area contributed by atoms with Gasteiger partial charge in [-0.05, 0) is 92.0 Å². The van der Waals surface area contributed by atoms with Crippen LogP contribution in [0, 0.1) is 0 Å². The van der Waals surface area contributed by atoms with Gasteiger partial charge >= 0.3 is 6.36 Å². The van der Waals surface area contributed by atoms with Gasteiger partial charge in [0.15, 0.2) is 5.82 Å². The predicted molar refractivity (Wildman–Crippen MR) is 236 cm³/mol. The maximum absolute atomic E-state index is 14.1. The van der Waals surface area contributed by atoms with E-state index >= 15 is 0 Å². The second-order valence-electron chi connectivity index (χ2n) is 15.8. The van der Waals surface area contributed by atoms with Gasteiger partial charge in [-0.25, -0.2) is 4.68 Å². The van der Waals surface area contributed by atoms with Crippen LogP contribution in [-0.2, 0) is 24.4 Å². The number of amides is 1. The first-order valence-electron chi connectivity index (χ1n) is 20.7. The van der Waals surface area contributed by atoms with Gasteiger partial charge in [0.2, 0.25) is 5.91 Å². The number of aromatic nitrogens is 3. The number of rotatable bonds is 14. The largest absolute Gasteiger partial charge is 0.573 e. The molecular formula is C46H49Cl2F3N8O2. The third-order valence-electron chi connectivity index (χ3n) is 12.0. The van der Waals surface area contributed by atoms with Gasteiger partial charge in [-0.15, -0.1) is 13.2 Å². The van der Waals surface area contributed by atoms with E-state index in [1.165, 1.54) is 12.1 Å². The van der Waals surface area contributed by atoms with E-state index in [0.717, 1.165) is 90.5 Å². The molecule has 0 spiro atoms. The van der Waals surface area contributed by atoms with Crippen LogP contribution in [-0.4, -0.2) is 94.8 Å². The Labute approximate surface area is 363 Å². The molecule has 2 N–H and O–H groups in total. The van der Waals surface area contributed by atoms with Crippen LogP contribution in [0.4, 0.5) is 19.0 Å². The van der Waals surface area contributed by atoms with Crippen molar-refractivity contribution in [2.45, 2.75) is 50.8 Å². The second-order valence-corrected chi connectivity index (χ2v) is 16.6. The van der Waals surface area contributed by atoms with Gasteiger partial charge in [0, 0.05) is 110 Å². The molecule has 0 aliphatic carbocycles. The highest BCUT2D eigenvalue weighted by Crippen LogP contribution is 2.35. The van der Waals surface area contributed by atoms with E-state index in [4.69, 9.17) is 28.3 Å². The van der Waals surface area contributed by atoms with Crippen LogP contribution in [0.5, 0.6) is 5.75 Å². The van der Waals surface area contributed by atoms with E-state index < -0.39 is 11.9 Å². The van der Waals surface area contributed by atoms with Crippen molar-refractivity contribution in [2.24, 2.45) is 0 Å². The summed E-state index contributed by atoms with van der Waals surface area (Å²) in [6.07, 6.45) is 1.14. The average Bonchev–Trinajstić information content (AvgIpc) is 3.90. The summed E-state index contributed by atoms with van der Waals surface area (Å²) < 4.78 is 47.1. The number of alkyl halides is 3. The lowest BCUT2D eigenvalue weighted by Gasteiger charge is -2.43. The molecule has 2 saturated heterocycles. The summed E-state index contributed by atoms with van der Waals surface area (Å²) in [6, 6.07) is 29.9. The molecule has 0 bridgehead atoms. The maximum atomic E-state index is 14.1. The lowest BCUT2D eigenvalue weighted by Crippen LogP contribution is -2.62. The smallest absolute Gasteiger partial charge is 0.406 e. The fourth-order valence-corrected chi connectivity index (χ4v) is 9.09. The first-order chi connectivity index (χ1) is 29.5. The molecule has 6 aromatic rings. The Hall–Kier alpha value is -5.05. The molecule has 2 fully saturated rings. The number of benzene rings is 4. The number of ether oxygens (including phenoxy) is 1. The van der Waals surface area contributed by atoms with E-state index in [1.54, 1.807) is 12.1 Å².